The van der Waals surface area contributed by atoms with Crippen LogP contribution in [-0.2, 0) is 10.0 Å². The van der Waals surface area contributed by atoms with Crippen LogP contribution in [0, 0.1) is 0 Å². The summed E-state index contributed by atoms with van der Waals surface area (Å²) in [7, 11) is -3.28. The van der Waals surface area contributed by atoms with Gasteiger partial charge in [-0.25, -0.2) is 8.42 Å². The highest BCUT2D eigenvalue weighted by molar-refractivity contribution is 7.92. The number of thiocarbonyl (C=S) groups is 1. The summed E-state index contributed by atoms with van der Waals surface area (Å²) in [6.07, 6.45) is 1.11. The lowest BCUT2D eigenvalue weighted by Gasteiger charge is -2.08. The molecular weight excluding hydrogens is 344 g/mol. The van der Waals surface area contributed by atoms with Crippen molar-refractivity contribution in [2.45, 2.75) is 6.92 Å². The summed E-state index contributed by atoms with van der Waals surface area (Å²) < 4.78 is 24.8. The van der Waals surface area contributed by atoms with E-state index in [1.807, 2.05) is 37.3 Å². The molecule has 24 heavy (non-hydrogen) atoms. The Hall–Kier alpha value is -2.45. The number of sulfonamides is 1. The SMILES string of the molecule is C/C(=N\NC(=S)Nc1ccccc1)c1ccc(NS(C)(=O)=O)cc1. The molecule has 2 rings (SSSR count). The van der Waals surface area contributed by atoms with E-state index in [0.717, 1.165) is 23.2 Å². The van der Waals surface area contributed by atoms with Crippen LogP contribution in [0.2, 0.25) is 0 Å². The highest BCUT2D eigenvalue weighted by Gasteiger charge is 2.03. The molecule has 0 aliphatic carbocycles. The van der Waals surface area contributed by atoms with E-state index in [0.29, 0.717) is 10.8 Å². The molecule has 0 saturated heterocycles. The summed E-state index contributed by atoms with van der Waals surface area (Å²) in [6.45, 7) is 1.83. The molecule has 0 atom stereocenters. The minimum atomic E-state index is -3.28. The van der Waals surface area contributed by atoms with Crippen molar-refractivity contribution < 1.29 is 8.42 Å². The monoisotopic (exact) mass is 362 g/mol. The molecule has 2 aromatic rings. The van der Waals surface area contributed by atoms with Crippen molar-refractivity contribution in [1.29, 1.82) is 0 Å². The van der Waals surface area contributed by atoms with Gasteiger partial charge in [0, 0.05) is 11.4 Å². The van der Waals surface area contributed by atoms with Gasteiger partial charge in [0.2, 0.25) is 10.0 Å². The van der Waals surface area contributed by atoms with Crippen LogP contribution in [-0.4, -0.2) is 25.5 Å². The van der Waals surface area contributed by atoms with Crippen molar-refractivity contribution >= 4 is 44.4 Å². The number of benzene rings is 2. The summed E-state index contributed by atoms with van der Waals surface area (Å²) in [5.74, 6) is 0. The van der Waals surface area contributed by atoms with Crippen LogP contribution >= 0.6 is 12.2 Å². The van der Waals surface area contributed by atoms with Gasteiger partial charge in [-0.05, 0) is 49.0 Å². The first kappa shape index (κ1) is 17.9. The Labute approximate surface area is 147 Å². The molecule has 0 fully saturated rings. The van der Waals surface area contributed by atoms with E-state index < -0.39 is 10.0 Å². The first-order valence-electron chi connectivity index (χ1n) is 7.08. The zero-order valence-electron chi connectivity index (χ0n) is 13.3. The molecule has 0 radical (unpaired) electrons. The van der Waals surface area contributed by atoms with Gasteiger partial charge in [0.25, 0.3) is 0 Å². The van der Waals surface area contributed by atoms with Crippen LogP contribution in [0.3, 0.4) is 0 Å². The Morgan fingerprint density at radius 1 is 1.00 bits per heavy atom. The molecule has 0 aliphatic rings. The largest absolute Gasteiger partial charge is 0.331 e. The molecule has 0 aromatic heterocycles. The Kier molecular flexibility index (Phi) is 5.88. The van der Waals surface area contributed by atoms with Crippen molar-refractivity contribution in [1.82, 2.24) is 5.43 Å². The fraction of sp³-hybridized carbons (Fsp3) is 0.125. The molecule has 0 bridgehead atoms. The summed E-state index contributed by atoms with van der Waals surface area (Å²) in [5, 5.41) is 7.62. The fourth-order valence-corrected chi connectivity index (χ4v) is 2.60. The lowest BCUT2D eigenvalue weighted by Crippen LogP contribution is -2.24. The topological polar surface area (TPSA) is 82.6 Å². The third-order valence-corrected chi connectivity index (χ3v) is 3.76. The second-order valence-corrected chi connectivity index (χ2v) is 7.24. The molecule has 126 valence electrons. The first-order valence-corrected chi connectivity index (χ1v) is 9.38. The van der Waals surface area contributed by atoms with Gasteiger partial charge < -0.3 is 5.32 Å². The van der Waals surface area contributed by atoms with Crippen LogP contribution < -0.4 is 15.5 Å². The third kappa shape index (κ3) is 5.98. The van der Waals surface area contributed by atoms with Crippen molar-refractivity contribution in [3.8, 4) is 0 Å². The van der Waals surface area contributed by atoms with E-state index in [1.165, 1.54) is 0 Å². The Morgan fingerprint density at radius 2 is 1.62 bits per heavy atom. The molecule has 2 aromatic carbocycles. The zero-order valence-corrected chi connectivity index (χ0v) is 14.9. The average Bonchev–Trinajstić information content (AvgIpc) is 2.53. The van der Waals surface area contributed by atoms with Gasteiger partial charge in [0.05, 0.1) is 12.0 Å². The number of nitrogens with one attached hydrogen (secondary N) is 3. The Bertz CT molecular complexity index is 832. The maximum absolute atomic E-state index is 11.2. The number of hydrazone groups is 1. The van der Waals surface area contributed by atoms with Gasteiger partial charge in [0.1, 0.15) is 0 Å². The van der Waals surface area contributed by atoms with Gasteiger partial charge in [-0.1, -0.05) is 30.3 Å². The number of rotatable bonds is 5. The molecule has 0 spiro atoms. The quantitative estimate of drug-likeness (QED) is 0.433. The Morgan fingerprint density at radius 3 is 2.21 bits per heavy atom. The predicted octanol–water partition coefficient (Wildman–Crippen LogP) is 2.77. The third-order valence-electron chi connectivity index (χ3n) is 2.96. The minimum Gasteiger partial charge on any atom is -0.331 e. The van der Waals surface area contributed by atoms with Crippen molar-refractivity contribution in [2.24, 2.45) is 5.10 Å². The number of hydrogen-bond donors (Lipinski definition) is 3. The van der Waals surface area contributed by atoms with E-state index in [1.54, 1.807) is 24.3 Å². The highest BCUT2D eigenvalue weighted by Crippen LogP contribution is 2.11. The molecule has 6 nitrogen and oxygen atoms in total. The molecule has 3 N–H and O–H groups in total. The number of para-hydroxylation sites is 1. The van der Waals surface area contributed by atoms with Gasteiger partial charge >= 0.3 is 0 Å². The van der Waals surface area contributed by atoms with Gasteiger partial charge in [-0.15, -0.1) is 0 Å². The van der Waals surface area contributed by atoms with Gasteiger partial charge in [0.15, 0.2) is 5.11 Å². The Balaban J connectivity index is 1.96. The minimum absolute atomic E-state index is 0.385. The summed E-state index contributed by atoms with van der Waals surface area (Å²) >= 11 is 5.18. The highest BCUT2D eigenvalue weighted by atomic mass is 32.2. The van der Waals surface area contributed by atoms with Crippen LogP contribution in [0.4, 0.5) is 11.4 Å². The fourth-order valence-electron chi connectivity index (χ4n) is 1.87. The molecule has 0 unspecified atom stereocenters. The smallest absolute Gasteiger partial charge is 0.229 e. The standard InChI is InChI=1S/C16H18N4O2S2/c1-12(13-8-10-15(11-9-13)20-24(2,21)22)18-19-16(23)17-14-6-4-3-5-7-14/h3-11,20H,1-2H3,(H2,17,19,23)/b18-12+. The molecule has 0 aliphatic heterocycles. The normalized spacial score (nSPS) is 11.7. The first-order chi connectivity index (χ1) is 11.3. The average molecular weight is 362 g/mol. The van der Waals surface area contributed by atoms with Crippen molar-refractivity contribution in [3.63, 3.8) is 0 Å². The predicted molar refractivity (Wildman–Crippen MR) is 103 cm³/mol. The molecule has 8 heteroatoms. The molecule has 0 amide bonds. The van der Waals surface area contributed by atoms with Crippen molar-refractivity contribution in [3.05, 3.63) is 60.2 Å². The van der Waals surface area contributed by atoms with Gasteiger partial charge in [-0.2, -0.15) is 5.10 Å². The van der Waals surface area contributed by atoms with E-state index in [2.05, 4.69) is 20.6 Å². The second kappa shape index (κ2) is 7.89. The molecule has 0 heterocycles. The summed E-state index contributed by atoms with van der Waals surface area (Å²) in [6, 6.07) is 16.5. The lowest BCUT2D eigenvalue weighted by atomic mass is 10.1. The zero-order chi connectivity index (χ0) is 17.6. The van der Waals surface area contributed by atoms with E-state index in [-0.39, 0.29) is 0 Å². The van der Waals surface area contributed by atoms with E-state index >= 15 is 0 Å². The van der Waals surface area contributed by atoms with Crippen molar-refractivity contribution in [2.75, 3.05) is 16.3 Å². The number of nitrogens with zero attached hydrogens (tertiary/aromatic N) is 1. The number of anilines is 2. The second-order valence-electron chi connectivity index (χ2n) is 5.08. The van der Waals surface area contributed by atoms with Crippen LogP contribution in [0.25, 0.3) is 0 Å². The summed E-state index contributed by atoms with van der Waals surface area (Å²) in [4.78, 5) is 0. The molecular formula is C16H18N4O2S2. The maximum atomic E-state index is 11.2. The summed E-state index contributed by atoms with van der Waals surface area (Å²) in [5.41, 5.74) is 5.73. The molecule has 0 saturated carbocycles. The van der Waals surface area contributed by atoms with Crippen LogP contribution in [0.1, 0.15) is 12.5 Å². The lowest BCUT2D eigenvalue weighted by molar-refractivity contribution is 0.607. The maximum Gasteiger partial charge on any atom is 0.229 e. The van der Waals surface area contributed by atoms with Crippen LogP contribution in [0.5, 0.6) is 0 Å². The van der Waals surface area contributed by atoms with Crippen LogP contribution in [0.15, 0.2) is 59.7 Å². The van der Waals surface area contributed by atoms with E-state index in [9.17, 15) is 8.42 Å². The number of hydrogen-bond acceptors (Lipinski definition) is 4. The van der Waals surface area contributed by atoms with E-state index in [4.69, 9.17) is 12.2 Å². The van der Waals surface area contributed by atoms with Gasteiger partial charge in [-0.3, -0.25) is 10.1 Å².